The van der Waals surface area contributed by atoms with E-state index in [0.29, 0.717) is 19.4 Å². The van der Waals surface area contributed by atoms with Gasteiger partial charge < -0.3 is 9.80 Å². The summed E-state index contributed by atoms with van der Waals surface area (Å²) in [6.45, 7) is 25.7. The van der Waals surface area contributed by atoms with E-state index in [1.807, 2.05) is 41.5 Å². The maximum atomic E-state index is 14.1. The lowest BCUT2D eigenvalue weighted by Crippen LogP contribution is -2.49. The molecular weight excluding hydrogens is 421 g/mol. The Bertz CT molecular complexity index is 505. The van der Waals surface area contributed by atoms with Gasteiger partial charge in [0.1, 0.15) is 5.67 Å². The van der Waals surface area contributed by atoms with Gasteiger partial charge in [-0.05, 0) is 94.7 Å². The molecule has 2 saturated carbocycles. The Morgan fingerprint density at radius 3 is 1.65 bits per heavy atom. The van der Waals surface area contributed by atoms with Gasteiger partial charge in [0.25, 0.3) is 0 Å². The van der Waals surface area contributed by atoms with Crippen LogP contribution < -0.4 is 0 Å². The molecule has 0 amide bonds. The highest BCUT2D eigenvalue weighted by Crippen LogP contribution is 2.54. The smallest absolute Gasteiger partial charge is 0.123 e. The third-order valence-electron chi connectivity index (χ3n) is 9.12. The zero-order valence-corrected chi connectivity index (χ0v) is 24.8. The molecule has 0 unspecified atom stereocenters. The molecule has 0 radical (unpaired) electrons. The van der Waals surface area contributed by atoms with Gasteiger partial charge in [0.05, 0.1) is 0 Å². The molecule has 0 aromatic rings. The Kier molecular flexibility index (Phi) is 14.2. The van der Waals surface area contributed by atoms with Crippen molar-refractivity contribution in [3.8, 4) is 0 Å². The van der Waals surface area contributed by atoms with Gasteiger partial charge in [-0.3, -0.25) is 4.90 Å². The van der Waals surface area contributed by atoms with E-state index in [2.05, 4.69) is 35.6 Å². The number of halogens is 1. The molecular formula is C30H62FN3. The van der Waals surface area contributed by atoms with Crippen LogP contribution in [0, 0.1) is 16.7 Å². The van der Waals surface area contributed by atoms with Gasteiger partial charge in [-0.1, -0.05) is 55.4 Å². The van der Waals surface area contributed by atoms with E-state index >= 15 is 0 Å². The summed E-state index contributed by atoms with van der Waals surface area (Å²) in [6.07, 6.45) is 11.7. The number of likely N-dealkylation sites (tertiary alicyclic amines) is 1. The SMILES string of the molecule is CC.CC.CCC(F)(CC)CN1CCN(C)CC1.CCC1(CN2CCC3(CC2)CC(C)C3)CC1. The lowest BCUT2D eigenvalue weighted by Gasteiger charge is -2.52. The van der Waals surface area contributed by atoms with Crippen LogP contribution >= 0.6 is 0 Å². The van der Waals surface area contributed by atoms with Crippen molar-refractivity contribution >= 4 is 0 Å². The van der Waals surface area contributed by atoms with Crippen LogP contribution in [0.15, 0.2) is 0 Å². The third kappa shape index (κ3) is 9.69. The van der Waals surface area contributed by atoms with E-state index in [1.165, 1.54) is 64.6 Å². The van der Waals surface area contributed by atoms with Crippen LogP contribution in [0.3, 0.4) is 0 Å². The Hall–Kier alpha value is -0.190. The van der Waals surface area contributed by atoms with Crippen molar-refractivity contribution < 1.29 is 4.39 Å². The quantitative estimate of drug-likeness (QED) is 0.371. The number of hydrogen-bond acceptors (Lipinski definition) is 3. The van der Waals surface area contributed by atoms with E-state index in [0.717, 1.165) is 42.9 Å². The van der Waals surface area contributed by atoms with E-state index in [1.54, 1.807) is 0 Å². The molecule has 2 heterocycles. The maximum absolute atomic E-state index is 14.1. The molecule has 4 aliphatic rings. The van der Waals surface area contributed by atoms with Crippen molar-refractivity contribution in [2.75, 3.05) is 59.4 Å². The van der Waals surface area contributed by atoms with Crippen LogP contribution in [0.25, 0.3) is 0 Å². The average molecular weight is 484 g/mol. The Morgan fingerprint density at radius 2 is 1.26 bits per heavy atom. The standard InChI is InChI=1S/C15H27N.C11H23FN2.2C2H6/c1-3-14(4-5-14)12-16-8-6-15(7-9-16)10-13(2)11-15;1-4-11(12,5-2)10-14-8-6-13(3)7-9-14;2*1-2/h13H,3-12H2,1-2H3;4-10H2,1-3H3;2*1-2H3. The number of likely N-dealkylation sites (N-methyl/N-ethyl adjacent to an activating group) is 1. The Morgan fingerprint density at radius 1 is 0.765 bits per heavy atom. The lowest BCUT2D eigenvalue weighted by atomic mass is 9.58. The van der Waals surface area contributed by atoms with Gasteiger partial charge in [-0.2, -0.15) is 0 Å². The number of hydrogen-bond donors (Lipinski definition) is 0. The fourth-order valence-electron chi connectivity index (χ4n) is 6.17. The number of nitrogens with zero attached hydrogens (tertiary/aromatic N) is 3. The van der Waals surface area contributed by atoms with Crippen molar-refractivity contribution in [2.24, 2.45) is 16.7 Å². The second-order valence-electron chi connectivity index (χ2n) is 11.6. The second kappa shape index (κ2) is 15.2. The summed E-state index contributed by atoms with van der Waals surface area (Å²) >= 11 is 0. The highest BCUT2D eigenvalue weighted by atomic mass is 19.1. The van der Waals surface area contributed by atoms with E-state index in [4.69, 9.17) is 0 Å². The van der Waals surface area contributed by atoms with Crippen molar-refractivity contribution in [3.05, 3.63) is 0 Å². The molecule has 0 bridgehead atoms. The van der Waals surface area contributed by atoms with E-state index < -0.39 is 5.67 Å². The monoisotopic (exact) mass is 483 g/mol. The van der Waals surface area contributed by atoms with Crippen LogP contribution in [0.4, 0.5) is 4.39 Å². The molecule has 34 heavy (non-hydrogen) atoms. The van der Waals surface area contributed by atoms with Gasteiger partial charge >= 0.3 is 0 Å². The molecule has 2 aliphatic carbocycles. The predicted octanol–water partition coefficient (Wildman–Crippen LogP) is 7.50. The second-order valence-corrected chi connectivity index (χ2v) is 11.6. The number of piperidine rings is 1. The number of rotatable bonds is 7. The summed E-state index contributed by atoms with van der Waals surface area (Å²) in [7, 11) is 2.12. The minimum atomic E-state index is -0.962. The lowest BCUT2D eigenvalue weighted by molar-refractivity contribution is -0.0108. The first kappa shape index (κ1) is 31.8. The molecule has 3 nitrogen and oxygen atoms in total. The largest absolute Gasteiger partial charge is 0.304 e. The first-order chi connectivity index (χ1) is 16.2. The molecule has 2 aliphatic heterocycles. The molecule has 0 aromatic carbocycles. The highest BCUT2D eigenvalue weighted by molar-refractivity contribution is 4.99. The van der Waals surface area contributed by atoms with Gasteiger partial charge in [-0.25, -0.2) is 4.39 Å². The minimum Gasteiger partial charge on any atom is -0.304 e. The summed E-state index contributed by atoms with van der Waals surface area (Å²) in [5.74, 6) is 1.02. The molecule has 0 aromatic heterocycles. The first-order valence-electron chi connectivity index (χ1n) is 15.1. The normalized spacial score (nSPS) is 24.5. The van der Waals surface area contributed by atoms with Crippen molar-refractivity contribution in [3.63, 3.8) is 0 Å². The van der Waals surface area contributed by atoms with E-state index in [-0.39, 0.29) is 0 Å². The van der Waals surface area contributed by atoms with Crippen molar-refractivity contribution in [1.29, 1.82) is 0 Å². The van der Waals surface area contributed by atoms with Crippen LogP contribution in [-0.2, 0) is 0 Å². The molecule has 4 rings (SSSR count). The zero-order chi connectivity index (χ0) is 25.8. The average Bonchev–Trinajstić information content (AvgIpc) is 3.64. The van der Waals surface area contributed by atoms with Crippen LogP contribution in [0.2, 0.25) is 0 Å². The zero-order valence-electron chi connectivity index (χ0n) is 24.8. The Balaban J connectivity index is 0.000000300. The van der Waals surface area contributed by atoms with Crippen LogP contribution in [-0.4, -0.2) is 79.8 Å². The van der Waals surface area contributed by atoms with Crippen LogP contribution in [0.5, 0.6) is 0 Å². The fourth-order valence-corrected chi connectivity index (χ4v) is 6.17. The molecule has 2 saturated heterocycles. The third-order valence-corrected chi connectivity index (χ3v) is 9.12. The van der Waals surface area contributed by atoms with Crippen molar-refractivity contribution in [1.82, 2.24) is 14.7 Å². The van der Waals surface area contributed by atoms with Crippen molar-refractivity contribution in [2.45, 2.75) is 119 Å². The van der Waals surface area contributed by atoms with Gasteiger partial charge in [0, 0.05) is 39.3 Å². The molecule has 4 fully saturated rings. The highest BCUT2D eigenvalue weighted by Gasteiger charge is 2.46. The summed E-state index contributed by atoms with van der Waals surface area (Å²) in [4.78, 5) is 7.33. The maximum Gasteiger partial charge on any atom is 0.123 e. The van der Waals surface area contributed by atoms with E-state index in [9.17, 15) is 4.39 Å². The predicted molar refractivity (Wildman–Crippen MR) is 150 cm³/mol. The van der Waals surface area contributed by atoms with Crippen LogP contribution in [0.1, 0.15) is 113 Å². The number of piperazine rings is 1. The van der Waals surface area contributed by atoms with Gasteiger partial charge in [0.2, 0.25) is 0 Å². The molecule has 0 N–H and O–H groups in total. The first-order valence-corrected chi connectivity index (χ1v) is 15.1. The molecule has 1 spiro atoms. The van der Waals surface area contributed by atoms with Gasteiger partial charge in [0.15, 0.2) is 0 Å². The molecule has 204 valence electrons. The summed E-state index contributed by atoms with van der Waals surface area (Å²) < 4.78 is 14.1. The summed E-state index contributed by atoms with van der Waals surface area (Å²) in [6, 6.07) is 0. The number of alkyl halides is 1. The minimum absolute atomic E-state index is 0.619. The molecule has 4 heteroatoms. The van der Waals surface area contributed by atoms with Gasteiger partial charge in [-0.15, -0.1) is 0 Å². The summed E-state index contributed by atoms with van der Waals surface area (Å²) in [5.41, 5.74) is 0.603. The summed E-state index contributed by atoms with van der Waals surface area (Å²) in [5, 5.41) is 0. The Labute approximate surface area is 214 Å². The topological polar surface area (TPSA) is 9.72 Å². The fraction of sp³-hybridized carbons (Fsp3) is 1.00. The molecule has 0 atom stereocenters.